The van der Waals surface area contributed by atoms with Crippen molar-refractivity contribution in [3.05, 3.63) is 67.3 Å². The van der Waals surface area contributed by atoms with Gasteiger partial charge < -0.3 is 34.8 Å². The maximum atomic E-state index is 14.5. The summed E-state index contributed by atoms with van der Waals surface area (Å²) in [5.74, 6) is 0.620. The zero-order valence-corrected chi connectivity index (χ0v) is 30.4. The Hall–Kier alpha value is -5.13. The van der Waals surface area contributed by atoms with Gasteiger partial charge in [0.2, 0.25) is 17.7 Å². The Bertz CT molecular complexity index is 1760. The van der Waals surface area contributed by atoms with E-state index in [0.29, 0.717) is 17.9 Å². The number of likely N-dealkylation sites (tertiary alicyclic amines) is 2. The summed E-state index contributed by atoms with van der Waals surface area (Å²) < 4.78 is 12.2. The topological polar surface area (TPSA) is 159 Å². The smallest absolute Gasteiger partial charge is 0.497 e. The largest absolute Gasteiger partial charge is 0.503 e. The quantitative estimate of drug-likeness (QED) is 0.207. The van der Waals surface area contributed by atoms with Crippen LogP contribution in [0.2, 0.25) is 0 Å². The summed E-state index contributed by atoms with van der Waals surface area (Å²) in [6.45, 7) is 11.6. The van der Waals surface area contributed by atoms with E-state index in [2.05, 4.69) is 11.9 Å². The Morgan fingerprint density at radius 3 is 2.33 bits per heavy atom. The van der Waals surface area contributed by atoms with Crippen molar-refractivity contribution in [3.63, 3.8) is 0 Å². The van der Waals surface area contributed by atoms with Crippen molar-refractivity contribution >= 4 is 34.8 Å². The third kappa shape index (κ3) is 9.40. The van der Waals surface area contributed by atoms with Crippen LogP contribution in [-0.2, 0) is 14.4 Å². The molecule has 2 saturated heterocycles. The summed E-state index contributed by atoms with van der Waals surface area (Å²) in [4.78, 5) is 58.9. The van der Waals surface area contributed by atoms with Gasteiger partial charge in [-0.05, 0) is 49.1 Å². The number of fused-ring (bicyclic) bond motifs is 1. The van der Waals surface area contributed by atoms with Gasteiger partial charge in [0, 0.05) is 55.1 Å². The standard InChI is InChI=1S/C39H48N4O5.CH2O3/c1-6-25-19-31(25)41-37(45)34-21-28(24-43(34)38(46)30(39(2,3)4)22-36(44)42-17-11-8-12-18-42)48-35-23-32(26-13-9-7-10-14-26)40-33-20-27(47-5)15-16-29(33)35;2-1(3)4/h6-7,9-10,13-16,20,23,25,28,30-31,34H,1,8,11-12,17-19,21-22,24H2,2-5H3,(H,41,45);(H2,2,3,4)/t25?,28-,30-,31?,34+;/m1./s1. The number of hydrogen-bond acceptors (Lipinski definition) is 7. The third-order valence-corrected chi connectivity index (χ3v) is 10.1. The second-order valence-electron chi connectivity index (χ2n) is 14.8. The summed E-state index contributed by atoms with van der Waals surface area (Å²) >= 11 is 0. The molecule has 278 valence electrons. The second-order valence-corrected chi connectivity index (χ2v) is 14.8. The van der Waals surface area contributed by atoms with Crippen LogP contribution in [0.15, 0.2) is 67.3 Å². The lowest BCUT2D eigenvalue weighted by Gasteiger charge is -2.36. The molecule has 3 fully saturated rings. The van der Waals surface area contributed by atoms with Crippen LogP contribution >= 0.6 is 0 Å². The molecule has 3 aliphatic rings. The van der Waals surface area contributed by atoms with Crippen molar-refractivity contribution in [2.24, 2.45) is 17.3 Å². The number of nitrogens with one attached hydrogen (secondary N) is 1. The Morgan fingerprint density at radius 2 is 1.71 bits per heavy atom. The van der Waals surface area contributed by atoms with Crippen molar-refractivity contribution in [3.8, 4) is 22.8 Å². The van der Waals surface area contributed by atoms with E-state index >= 15 is 0 Å². The molecule has 3 aromatic rings. The van der Waals surface area contributed by atoms with E-state index in [1.165, 1.54) is 0 Å². The van der Waals surface area contributed by atoms with Gasteiger partial charge in [-0.2, -0.15) is 0 Å². The van der Waals surface area contributed by atoms with Crippen molar-refractivity contribution in [1.29, 1.82) is 0 Å². The summed E-state index contributed by atoms with van der Waals surface area (Å²) in [6, 6.07) is 16.8. The van der Waals surface area contributed by atoms with Gasteiger partial charge >= 0.3 is 6.16 Å². The number of hydrogen-bond donors (Lipinski definition) is 3. The first kappa shape index (κ1) is 38.1. The molecule has 1 aliphatic carbocycles. The van der Waals surface area contributed by atoms with Gasteiger partial charge in [-0.3, -0.25) is 14.4 Å². The van der Waals surface area contributed by atoms with Crippen LogP contribution in [0.3, 0.4) is 0 Å². The Labute approximate surface area is 304 Å². The van der Waals surface area contributed by atoms with Crippen LogP contribution in [-0.4, -0.2) is 93.8 Å². The highest BCUT2D eigenvalue weighted by Crippen LogP contribution is 2.38. The van der Waals surface area contributed by atoms with Crippen LogP contribution < -0.4 is 14.8 Å². The molecule has 2 unspecified atom stereocenters. The van der Waals surface area contributed by atoms with Crippen LogP contribution in [0.4, 0.5) is 4.79 Å². The molecule has 0 spiro atoms. The monoisotopic (exact) mass is 714 g/mol. The lowest BCUT2D eigenvalue weighted by Crippen LogP contribution is -2.51. The molecule has 0 bridgehead atoms. The number of piperidine rings is 1. The molecule has 1 saturated carbocycles. The summed E-state index contributed by atoms with van der Waals surface area (Å²) in [6.07, 6.45) is 3.99. The molecule has 3 N–H and O–H groups in total. The Kier molecular flexibility index (Phi) is 12.1. The summed E-state index contributed by atoms with van der Waals surface area (Å²) in [5, 5.41) is 17.9. The number of pyridine rings is 1. The van der Waals surface area contributed by atoms with E-state index in [1.807, 2.05) is 86.3 Å². The van der Waals surface area contributed by atoms with E-state index in [4.69, 9.17) is 29.5 Å². The van der Waals surface area contributed by atoms with E-state index in [0.717, 1.165) is 60.9 Å². The van der Waals surface area contributed by atoms with Gasteiger partial charge in [0.25, 0.3) is 0 Å². The number of carbonyl (C=O) groups is 4. The third-order valence-electron chi connectivity index (χ3n) is 10.1. The van der Waals surface area contributed by atoms with Gasteiger partial charge in [0.05, 0.1) is 30.8 Å². The minimum atomic E-state index is -1.83. The number of ether oxygens (including phenoxy) is 2. The predicted molar refractivity (Wildman–Crippen MR) is 197 cm³/mol. The fourth-order valence-electron chi connectivity index (χ4n) is 7.04. The summed E-state index contributed by atoms with van der Waals surface area (Å²) in [5.41, 5.74) is 1.93. The number of aromatic nitrogens is 1. The normalized spacial score (nSPS) is 21.7. The van der Waals surface area contributed by atoms with Crippen molar-refractivity contribution in [2.45, 2.75) is 77.5 Å². The first-order chi connectivity index (χ1) is 24.8. The van der Waals surface area contributed by atoms with E-state index in [9.17, 15) is 14.4 Å². The van der Waals surface area contributed by atoms with Gasteiger partial charge in [-0.15, -0.1) is 6.58 Å². The molecule has 12 nitrogen and oxygen atoms in total. The molecule has 3 heterocycles. The highest BCUT2D eigenvalue weighted by molar-refractivity contribution is 5.92. The lowest BCUT2D eigenvalue weighted by atomic mass is 9.77. The minimum absolute atomic E-state index is 0.00917. The average Bonchev–Trinajstić information content (AvgIpc) is 3.74. The average molecular weight is 715 g/mol. The molecular formula is C40H50N4O8. The molecule has 1 aromatic heterocycles. The maximum Gasteiger partial charge on any atom is 0.503 e. The number of benzene rings is 2. The van der Waals surface area contributed by atoms with Crippen molar-refractivity contribution in [1.82, 2.24) is 20.1 Å². The zero-order chi connectivity index (χ0) is 37.6. The van der Waals surface area contributed by atoms with Crippen LogP contribution in [0.25, 0.3) is 22.2 Å². The zero-order valence-electron chi connectivity index (χ0n) is 30.4. The van der Waals surface area contributed by atoms with Gasteiger partial charge in [-0.1, -0.05) is 57.2 Å². The van der Waals surface area contributed by atoms with E-state index in [1.54, 1.807) is 12.0 Å². The van der Waals surface area contributed by atoms with Crippen molar-refractivity contribution < 1.29 is 38.9 Å². The molecule has 3 amide bonds. The number of methoxy groups -OCH3 is 1. The highest BCUT2D eigenvalue weighted by Gasteiger charge is 2.47. The fourth-order valence-corrected chi connectivity index (χ4v) is 7.04. The van der Waals surface area contributed by atoms with Crippen molar-refractivity contribution in [2.75, 3.05) is 26.7 Å². The number of nitrogens with zero attached hydrogens (tertiary/aromatic N) is 3. The number of rotatable bonds is 10. The molecule has 2 aromatic carbocycles. The SMILES string of the molecule is C=CC1CC1NC(=O)[C@@H]1C[C@@H](Oc2cc(-c3ccccc3)nc3cc(OC)ccc23)CN1C(=O)[C@@H](CC(=O)N1CCCCC1)C(C)(C)C.O=C(O)O. The number of carbonyl (C=O) groups excluding carboxylic acids is 3. The molecule has 2 aliphatic heterocycles. The van der Waals surface area contributed by atoms with E-state index < -0.39 is 29.6 Å². The molecule has 6 rings (SSSR count). The maximum absolute atomic E-state index is 14.5. The minimum Gasteiger partial charge on any atom is -0.497 e. The molecule has 12 heteroatoms. The summed E-state index contributed by atoms with van der Waals surface area (Å²) in [7, 11) is 1.62. The van der Waals surface area contributed by atoms with Gasteiger partial charge in [0.1, 0.15) is 23.6 Å². The molecular weight excluding hydrogens is 664 g/mol. The first-order valence-corrected chi connectivity index (χ1v) is 17.9. The van der Waals surface area contributed by atoms with E-state index in [-0.39, 0.29) is 42.6 Å². The second kappa shape index (κ2) is 16.5. The molecule has 5 atom stereocenters. The Morgan fingerprint density at radius 1 is 1.02 bits per heavy atom. The lowest BCUT2D eigenvalue weighted by molar-refractivity contribution is -0.148. The van der Waals surface area contributed by atoms with Crippen LogP contribution in [0.1, 0.15) is 59.3 Å². The van der Waals surface area contributed by atoms with Gasteiger partial charge in [-0.25, -0.2) is 9.78 Å². The first-order valence-electron chi connectivity index (χ1n) is 17.9. The molecule has 0 radical (unpaired) electrons. The number of amides is 3. The fraction of sp³-hybridized carbons (Fsp3) is 0.475. The van der Waals surface area contributed by atoms with Crippen LogP contribution in [0.5, 0.6) is 11.5 Å². The number of carboxylic acid groups (broad SMARTS) is 2. The predicted octanol–water partition coefficient (Wildman–Crippen LogP) is 6.24. The Balaban J connectivity index is 0.00000124. The molecule has 52 heavy (non-hydrogen) atoms. The van der Waals surface area contributed by atoms with Crippen LogP contribution in [0, 0.1) is 17.3 Å². The van der Waals surface area contributed by atoms with Gasteiger partial charge in [0.15, 0.2) is 0 Å². The highest BCUT2D eigenvalue weighted by atomic mass is 16.6.